The van der Waals surface area contributed by atoms with E-state index in [9.17, 15) is 9.59 Å². The molecular formula is C23H33N3O2. The molecule has 1 unspecified atom stereocenters. The number of amides is 3. The van der Waals surface area contributed by atoms with Crippen LogP contribution in [0.1, 0.15) is 49.8 Å². The van der Waals surface area contributed by atoms with Crippen LogP contribution in [-0.4, -0.2) is 46.9 Å². The Morgan fingerprint density at radius 1 is 1.18 bits per heavy atom. The summed E-state index contributed by atoms with van der Waals surface area (Å²) in [6.07, 6.45) is 2.48. The number of piperidine rings is 1. The first-order valence-electron chi connectivity index (χ1n) is 10.3. The van der Waals surface area contributed by atoms with Crippen molar-refractivity contribution in [2.24, 2.45) is 5.92 Å². The number of nitrogens with zero attached hydrogens (tertiary/aromatic N) is 2. The molecule has 2 saturated heterocycles. The molecule has 1 N–H and O–H groups in total. The Hall–Kier alpha value is -2.14. The zero-order valence-electron chi connectivity index (χ0n) is 17.7. The van der Waals surface area contributed by atoms with Crippen molar-refractivity contribution in [2.75, 3.05) is 19.6 Å². The van der Waals surface area contributed by atoms with Gasteiger partial charge in [-0.05, 0) is 64.6 Å². The van der Waals surface area contributed by atoms with Crippen LogP contribution in [0.15, 0.2) is 30.4 Å². The molecule has 28 heavy (non-hydrogen) atoms. The van der Waals surface area contributed by atoms with E-state index < -0.39 is 5.54 Å². The van der Waals surface area contributed by atoms with Crippen LogP contribution in [0.2, 0.25) is 0 Å². The van der Waals surface area contributed by atoms with Crippen molar-refractivity contribution in [3.63, 3.8) is 0 Å². The van der Waals surface area contributed by atoms with E-state index in [2.05, 4.69) is 48.8 Å². The van der Waals surface area contributed by atoms with Crippen LogP contribution >= 0.6 is 0 Å². The standard InChI is InChI=1S/C23H33N3O2/c1-6-23(21(27)26(14-16(2)3)22(28)24-23)20-7-9-25(10-8-20)15-19-12-17(4)11-18(5)13-19/h11-13,20H,2,6-10,14-15H2,1,3-5H3,(H,24,28). The maximum absolute atomic E-state index is 13.1. The average molecular weight is 384 g/mol. The van der Waals surface area contributed by atoms with Crippen LogP contribution in [0, 0.1) is 19.8 Å². The van der Waals surface area contributed by atoms with Gasteiger partial charge in [-0.2, -0.15) is 0 Å². The van der Waals surface area contributed by atoms with Gasteiger partial charge in [-0.15, -0.1) is 0 Å². The van der Waals surface area contributed by atoms with E-state index in [4.69, 9.17) is 0 Å². The number of carbonyl (C=O) groups is 2. The summed E-state index contributed by atoms with van der Waals surface area (Å²) in [5.41, 5.74) is 4.01. The van der Waals surface area contributed by atoms with Crippen molar-refractivity contribution < 1.29 is 9.59 Å². The van der Waals surface area contributed by atoms with Gasteiger partial charge in [0.25, 0.3) is 5.91 Å². The van der Waals surface area contributed by atoms with E-state index in [-0.39, 0.29) is 17.9 Å². The minimum Gasteiger partial charge on any atom is -0.323 e. The molecule has 3 rings (SSSR count). The smallest absolute Gasteiger partial charge is 0.323 e. The fourth-order valence-corrected chi connectivity index (χ4v) is 4.87. The van der Waals surface area contributed by atoms with Crippen LogP contribution < -0.4 is 5.32 Å². The van der Waals surface area contributed by atoms with E-state index in [1.54, 1.807) is 0 Å². The van der Waals surface area contributed by atoms with Crippen LogP contribution in [0.25, 0.3) is 0 Å². The summed E-state index contributed by atoms with van der Waals surface area (Å²) in [7, 11) is 0. The maximum Gasteiger partial charge on any atom is 0.325 e. The number of nitrogens with one attached hydrogen (secondary N) is 1. The van der Waals surface area contributed by atoms with Gasteiger partial charge in [0, 0.05) is 6.54 Å². The number of imide groups is 1. The summed E-state index contributed by atoms with van der Waals surface area (Å²) in [4.78, 5) is 29.4. The van der Waals surface area contributed by atoms with Gasteiger partial charge in [0.1, 0.15) is 5.54 Å². The maximum atomic E-state index is 13.1. The zero-order valence-corrected chi connectivity index (χ0v) is 17.7. The molecular weight excluding hydrogens is 350 g/mol. The highest BCUT2D eigenvalue weighted by Gasteiger charge is 2.54. The topological polar surface area (TPSA) is 52.7 Å². The van der Waals surface area contributed by atoms with Gasteiger partial charge in [0.2, 0.25) is 0 Å². The highest BCUT2D eigenvalue weighted by molar-refractivity contribution is 6.07. The lowest BCUT2D eigenvalue weighted by Crippen LogP contribution is -2.55. The average Bonchev–Trinajstić information content (AvgIpc) is 2.86. The second-order valence-electron chi connectivity index (χ2n) is 8.65. The molecule has 0 aliphatic carbocycles. The van der Waals surface area contributed by atoms with Gasteiger partial charge >= 0.3 is 6.03 Å². The summed E-state index contributed by atoms with van der Waals surface area (Å²) in [6, 6.07) is 6.44. The van der Waals surface area contributed by atoms with E-state index in [1.807, 2.05) is 13.8 Å². The number of rotatable bonds is 6. The molecule has 2 aliphatic heterocycles. The predicted octanol–water partition coefficient (Wildman–Crippen LogP) is 3.79. The number of benzene rings is 1. The molecule has 1 aromatic rings. The summed E-state index contributed by atoms with van der Waals surface area (Å²) < 4.78 is 0. The van der Waals surface area contributed by atoms with Gasteiger partial charge in [-0.25, -0.2) is 4.79 Å². The first kappa shape index (κ1) is 20.6. The van der Waals surface area contributed by atoms with Crippen molar-refractivity contribution in [3.8, 4) is 0 Å². The first-order chi connectivity index (χ1) is 13.2. The fraction of sp³-hybridized carbons (Fsp3) is 0.565. The van der Waals surface area contributed by atoms with Crippen molar-refractivity contribution >= 4 is 11.9 Å². The molecule has 152 valence electrons. The van der Waals surface area contributed by atoms with Gasteiger partial charge in [0.05, 0.1) is 6.54 Å². The van der Waals surface area contributed by atoms with Crippen LogP contribution in [0.3, 0.4) is 0 Å². The molecule has 1 atom stereocenters. The molecule has 2 heterocycles. The number of carbonyl (C=O) groups excluding carboxylic acids is 2. The fourth-order valence-electron chi connectivity index (χ4n) is 4.87. The lowest BCUT2D eigenvalue weighted by atomic mass is 9.75. The Morgan fingerprint density at radius 3 is 2.32 bits per heavy atom. The minimum absolute atomic E-state index is 0.0734. The Morgan fingerprint density at radius 2 is 1.79 bits per heavy atom. The minimum atomic E-state index is -0.751. The molecule has 0 spiro atoms. The second kappa shape index (κ2) is 8.08. The summed E-state index contributed by atoms with van der Waals surface area (Å²) in [6.45, 7) is 15.1. The van der Waals surface area contributed by atoms with Gasteiger partial charge < -0.3 is 5.32 Å². The normalized spacial score (nSPS) is 23.9. The SMILES string of the molecule is C=C(C)CN1C(=O)NC(CC)(C2CCN(Cc3cc(C)cc(C)c3)CC2)C1=O. The molecule has 1 aromatic carbocycles. The van der Waals surface area contributed by atoms with E-state index in [0.29, 0.717) is 13.0 Å². The molecule has 5 nitrogen and oxygen atoms in total. The predicted molar refractivity (Wildman–Crippen MR) is 112 cm³/mol. The van der Waals surface area contributed by atoms with Crippen molar-refractivity contribution in [3.05, 3.63) is 47.0 Å². The number of hydrogen-bond donors (Lipinski definition) is 1. The zero-order chi connectivity index (χ0) is 20.5. The molecule has 2 aliphatic rings. The van der Waals surface area contributed by atoms with Gasteiger partial charge in [0.15, 0.2) is 0 Å². The number of aryl methyl sites for hydroxylation is 2. The molecule has 2 fully saturated rings. The third-order valence-electron chi connectivity index (χ3n) is 6.16. The van der Waals surface area contributed by atoms with Crippen molar-refractivity contribution in [2.45, 2.75) is 59.0 Å². The molecule has 0 radical (unpaired) electrons. The Balaban J connectivity index is 1.66. The Kier molecular flexibility index (Phi) is 5.94. The first-order valence-corrected chi connectivity index (χ1v) is 10.3. The van der Waals surface area contributed by atoms with E-state index in [1.165, 1.54) is 21.6 Å². The summed E-state index contributed by atoms with van der Waals surface area (Å²) in [5.74, 6) is 0.107. The second-order valence-corrected chi connectivity index (χ2v) is 8.65. The highest BCUT2D eigenvalue weighted by atomic mass is 16.2. The van der Waals surface area contributed by atoms with Crippen LogP contribution in [-0.2, 0) is 11.3 Å². The van der Waals surface area contributed by atoms with E-state index >= 15 is 0 Å². The summed E-state index contributed by atoms with van der Waals surface area (Å²) >= 11 is 0. The summed E-state index contributed by atoms with van der Waals surface area (Å²) in [5, 5.41) is 3.05. The number of hydrogen-bond acceptors (Lipinski definition) is 3. The lowest BCUT2D eigenvalue weighted by molar-refractivity contribution is -0.134. The lowest BCUT2D eigenvalue weighted by Gasteiger charge is -2.40. The monoisotopic (exact) mass is 383 g/mol. The molecule has 3 amide bonds. The quantitative estimate of drug-likeness (QED) is 0.601. The van der Waals surface area contributed by atoms with Gasteiger partial charge in [-0.1, -0.05) is 48.4 Å². The van der Waals surface area contributed by atoms with E-state index in [0.717, 1.165) is 38.0 Å². The highest BCUT2D eigenvalue weighted by Crippen LogP contribution is 2.36. The third-order valence-corrected chi connectivity index (χ3v) is 6.16. The van der Waals surface area contributed by atoms with Gasteiger partial charge in [-0.3, -0.25) is 14.6 Å². The Bertz CT molecular complexity index is 760. The van der Waals surface area contributed by atoms with Crippen molar-refractivity contribution in [1.29, 1.82) is 0 Å². The Labute approximate surface area is 168 Å². The van der Waals surface area contributed by atoms with Crippen LogP contribution in [0.4, 0.5) is 4.79 Å². The largest absolute Gasteiger partial charge is 0.325 e. The molecule has 0 aromatic heterocycles. The number of urea groups is 1. The molecule has 5 heteroatoms. The van der Waals surface area contributed by atoms with Crippen LogP contribution in [0.5, 0.6) is 0 Å². The molecule has 0 saturated carbocycles. The number of likely N-dealkylation sites (tertiary alicyclic amines) is 1. The van der Waals surface area contributed by atoms with Crippen molar-refractivity contribution in [1.82, 2.24) is 15.1 Å². The third kappa shape index (κ3) is 4.00. The molecule has 0 bridgehead atoms.